The highest BCUT2D eigenvalue weighted by atomic mass is 32.1. The van der Waals surface area contributed by atoms with Crippen LogP contribution in [0.2, 0.25) is 0 Å². The van der Waals surface area contributed by atoms with E-state index in [-0.39, 0.29) is 11.2 Å². The number of likely N-dealkylation sites (N-methyl/N-ethyl adjacent to an activating group) is 1. The Morgan fingerprint density at radius 3 is 2.65 bits per heavy atom. The number of thiol groups is 1. The van der Waals surface area contributed by atoms with Gasteiger partial charge in [-0.2, -0.15) is 12.6 Å². The molecule has 0 bridgehead atoms. The van der Waals surface area contributed by atoms with Gasteiger partial charge in [0.25, 0.3) is 0 Å². The van der Waals surface area contributed by atoms with Gasteiger partial charge in [0.1, 0.15) is 0 Å². The largest absolute Gasteiger partial charge is 0.338 e. The number of nitrogens with zero attached hydrogens (tertiary/aromatic N) is 1. The van der Waals surface area contributed by atoms with Gasteiger partial charge in [0.2, 0.25) is 5.91 Å². The zero-order valence-corrected chi connectivity index (χ0v) is 11.1. The molecule has 1 rings (SSSR count). The van der Waals surface area contributed by atoms with Gasteiger partial charge < -0.3 is 4.90 Å². The van der Waals surface area contributed by atoms with E-state index in [9.17, 15) is 4.79 Å². The molecule has 0 N–H and O–H groups in total. The van der Waals surface area contributed by atoms with Crippen LogP contribution < -0.4 is 0 Å². The van der Waals surface area contributed by atoms with E-state index in [0.717, 1.165) is 5.56 Å². The van der Waals surface area contributed by atoms with E-state index in [4.69, 9.17) is 0 Å². The Labute approximate surface area is 109 Å². The first-order chi connectivity index (χ1) is 8.19. The average molecular weight is 249 g/mol. The van der Waals surface area contributed by atoms with E-state index in [2.05, 4.69) is 19.2 Å². The van der Waals surface area contributed by atoms with Gasteiger partial charge in [0.05, 0.1) is 5.25 Å². The van der Waals surface area contributed by atoms with E-state index < -0.39 is 0 Å². The lowest BCUT2D eigenvalue weighted by atomic mass is 10.1. The maximum absolute atomic E-state index is 12.1. The number of hydrogen-bond donors (Lipinski definition) is 1. The first-order valence-electron chi connectivity index (χ1n) is 5.80. The molecule has 3 heteroatoms. The molecule has 1 aromatic carbocycles. The summed E-state index contributed by atoms with van der Waals surface area (Å²) in [7, 11) is 0. The van der Waals surface area contributed by atoms with Gasteiger partial charge in [-0.05, 0) is 18.9 Å². The highest BCUT2D eigenvalue weighted by Gasteiger charge is 2.19. The predicted octanol–water partition coefficient (Wildman–Crippen LogP) is 2.56. The molecule has 0 aliphatic rings. The van der Waals surface area contributed by atoms with Crippen molar-refractivity contribution in [1.82, 2.24) is 4.90 Å². The summed E-state index contributed by atoms with van der Waals surface area (Å²) in [6.45, 7) is 6.89. The SMILES string of the molecule is C=CCN(CC)C(=O)C(S)Cc1ccccc1. The summed E-state index contributed by atoms with van der Waals surface area (Å²) in [6, 6.07) is 9.94. The Morgan fingerprint density at radius 1 is 1.47 bits per heavy atom. The standard InChI is InChI=1S/C14H19NOS/c1-3-10-15(4-2)14(16)13(17)11-12-8-6-5-7-9-12/h3,5-9,13,17H,1,4,10-11H2,2H3. The molecule has 0 radical (unpaired) electrons. The predicted molar refractivity (Wildman–Crippen MR) is 75.4 cm³/mol. The lowest BCUT2D eigenvalue weighted by molar-refractivity contribution is -0.129. The number of rotatable bonds is 6. The monoisotopic (exact) mass is 249 g/mol. The zero-order chi connectivity index (χ0) is 12.7. The molecular weight excluding hydrogens is 230 g/mol. The fraction of sp³-hybridized carbons (Fsp3) is 0.357. The van der Waals surface area contributed by atoms with Crippen LogP contribution in [0.3, 0.4) is 0 Å². The average Bonchev–Trinajstić information content (AvgIpc) is 2.36. The van der Waals surface area contributed by atoms with E-state index in [1.54, 1.807) is 11.0 Å². The normalized spacial score (nSPS) is 11.9. The quantitative estimate of drug-likeness (QED) is 0.607. The molecule has 1 aromatic rings. The second-order valence-electron chi connectivity index (χ2n) is 3.87. The summed E-state index contributed by atoms with van der Waals surface area (Å²) < 4.78 is 0. The van der Waals surface area contributed by atoms with Crippen molar-refractivity contribution in [2.45, 2.75) is 18.6 Å². The molecule has 0 saturated heterocycles. The molecule has 2 nitrogen and oxygen atoms in total. The van der Waals surface area contributed by atoms with Gasteiger partial charge in [-0.15, -0.1) is 6.58 Å². The van der Waals surface area contributed by atoms with Crippen LogP contribution in [0.4, 0.5) is 0 Å². The van der Waals surface area contributed by atoms with Crippen molar-refractivity contribution in [2.75, 3.05) is 13.1 Å². The Bertz CT molecular complexity index is 364. The molecule has 92 valence electrons. The highest BCUT2D eigenvalue weighted by molar-refractivity contribution is 7.81. The van der Waals surface area contributed by atoms with Crippen LogP contribution in [0.15, 0.2) is 43.0 Å². The molecule has 17 heavy (non-hydrogen) atoms. The minimum Gasteiger partial charge on any atom is -0.338 e. The smallest absolute Gasteiger partial charge is 0.236 e. The van der Waals surface area contributed by atoms with Gasteiger partial charge in [0.15, 0.2) is 0 Å². The van der Waals surface area contributed by atoms with Gasteiger partial charge >= 0.3 is 0 Å². The fourth-order valence-corrected chi connectivity index (χ4v) is 2.04. The fourth-order valence-electron chi connectivity index (χ4n) is 1.67. The molecule has 0 saturated carbocycles. The molecule has 0 fully saturated rings. The van der Waals surface area contributed by atoms with Crippen molar-refractivity contribution in [1.29, 1.82) is 0 Å². The highest BCUT2D eigenvalue weighted by Crippen LogP contribution is 2.10. The maximum atomic E-state index is 12.1. The van der Waals surface area contributed by atoms with Crippen molar-refractivity contribution in [3.63, 3.8) is 0 Å². The van der Waals surface area contributed by atoms with Crippen LogP contribution in [0.5, 0.6) is 0 Å². The summed E-state index contributed by atoms with van der Waals surface area (Å²) in [5.74, 6) is 0.0691. The number of benzene rings is 1. The summed E-state index contributed by atoms with van der Waals surface area (Å²) in [5.41, 5.74) is 1.13. The molecule has 0 spiro atoms. The van der Waals surface area contributed by atoms with Crippen LogP contribution in [0.25, 0.3) is 0 Å². The molecule has 0 aliphatic heterocycles. The summed E-state index contributed by atoms with van der Waals surface area (Å²) in [4.78, 5) is 13.8. The Kier molecular flexibility index (Phi) is 5.84. The van der Waals surface area contributed by atoms with E-state index >= 15 is 0 Å². The maximum Gasteiger partial charge on any atom is 0.236 e. The van der Waals surface area contributed by atoms with Gasteiger partial charge in [-0.3, -0.25) is 4.79 Å². The van der Waals surface area contributed by atoms with E-state index in [1.165, 1.54) is 0 Å². The second kappa shape index (κ2) is 7.17. The van der Waals surface area contributed by atoms with Crippen LogP contribution in [-0.4, -0.2) is 29.1 Å². The third-order valence-electron chi connectivity index (χ3n) is 2.60. The Balaban J connectivity index is 2.60. The van der Waals surface area contributed by atoms with Crippen molar-refractivity contribution in [3.05, 3.63) is 48.6 Å². The first kappa shape index (κ1) is 13.8. The topological polar surface area (TPSA) is 20.3 Å². The third kappa shape index (κ3) is 4.27. The first-order valence-corrected chi connectivity index (χ1v) is 6.32. The van der Waals surface area contributed by atoms with Crippen LogP contribution in [0, 0.1) is 0 Å². The van der Waals surface area contributed by atoms with Crippen molar-refractivity contribution in [3.8, 4) is 0 Å². The third-order valence-corrected chi connectivity index (χ3v) is 3.00. The minimum atomic E-state index is -0.280. The molecule has 1 amide bonds. The number of carbonyl (C=O) groups excluding carboxylic acids is 1. The van der Waals surface area contributed by atoms with Crippen molar-refractivity contribution < 1.29 is 4.79 Å². The van der Waals surface area contributed by atoms with Crippen LogP contribution in [0.1, 0.15) is 12.5 Å². The molecule has 1 unspecified atom stereocenters. The molecule has 1 atom stereocenters. The summed E-state index contributed by atoms with van der Waals surface area (Å²) in [6.07, 6.45) is 2.40. The van der Waals surface area contributed by atoms with Gasteiger partial charge in [0, 0.05) is 13.1 Å². The molecular formula is C14H19NOS. The lowest BCUT2D eigenvalue weighted by Crippen LogP contribution is -2.37. The second-order valence-corrected chi connectivity index (χ2v) is 4.49. The Hall–Kier alpha value is -1.22. The van der Waals surface area contributed by atoms with E-state index in [0.29, 0.717) is 19.5 Å². The number of hydrogen-bond acceptors (Lipinski definition) is 2. The van der Waals surface area contributed by atoms with E-state index in [1.807, 2.05) is 37.3 Å². The summed E-state index contributed by atoms with van der Waals surface area (Å²) in [5, 5.41) is -0.280. The lowest BCUT2D eigenvalue weighted by Gasteiger charge is -2.22. The van der Waals surface area contributed by atoms with Crippen LogP contribution >= 0.6 is 12.6 Å². The van der Waals surface area contributed by atoms with Crippen LogP contribution in [-0.2, 0) is 11.2 Å². The van der Waals surface area contributed by atoms with Gasteiger partial charge in [-0.25, -0.2) is 0 Å². The van der Waals surface area contributed by atoms with Gasteiger partial charge in [-0.1, -0.05) is 36.4 Å². The zero-order valence-electron chi connectivity index (χ0n) is 10.2. The molecule has 0 aliphatic carbocycles. The minimum absolute atomic E-state index is 0.0691. The van der Waals surface area contributed by atoms with Crippen molar-refractivity contribution in [2.24, 2.45) is 0 Å². The number of carbonyl (C=O) groups is 1. The Morgan fingerprint density at radius 2 is 2.12 bits per heavy atom. The summed E-state index contributed by atoms with van der Waals surface area (Å²) >= 11 is 4.40. The van der Waals surface area contributed by atoms with Crippen molar-refractivity contribution >= 4 is 18.5 Å². The number of amides is 1. The molecule has 0 heterocycles. The molecule has 0 aromatic heterocycles.